The van der Waals surface area contributed by atoms with Gasteiger partial charge in [-0.1, -0.05) is 13.0 Å². The van der Waals surface area contributed by atoms with Crippen LogP contribution in [-0.4, -0.2) is 47.4 Å². The van der Waals surface area contributed by atoms with Gasteiger partial charge in [0.1, 0.15) is 17.3 Å². The molecule has 1 saturated heterocycles. The number of oxazole rings is 1. The molecule has 0 saturated carbocycles. The molecule has 0 unspecified atom stereocenters. The Morgan fingerprint density at radius 2 is 2.25 bits per heavy atom. The Kier molecular flexibility index (Phi) is 5.35. The van der Waals surface area contributed by atoms with Crippen molar-refractivity contribution in [1.82, 2.24) is 14.8 Å². The molecule has 6 nitrogen and oxygen atoms in total. The number of likely N-dealkylation sites (tertiary alicyclic amines) is 1. The first-order chi connectivity index (χ1) is 13.5. The van der Waals surface area contributed by atoms with Crippen molar-refractivity contribution in [1.29, 1.82) is 0 Å². The van der Waals surface area contributed by atoms with Crippen molar-refractivity contribution in [2.24, 2.45) is 5.92 Å². The molecule has 0 aliphatic carbocycles. The second-order valence-electron chi connectivity index (χ2n) is 7.81. The van der Waals surface area contributed by atoms with E-state index in [1.807, 2.05) is 4.90 Å². The number of rotatable bonds is 4. The summed E-state index contributed by atoms with van der Waals surface area (Å²) >= 11 is 0. The molecule has 1 amide bonds. The lowest BCUT2D eigenvalue weighted by Gasteiger charge is -2.29. The minimum Gasteiger partial charge on any atom is -0.497 e. The number of halogens is 1. The van der Waals surface area contributed by atoms with Gasteiger partial charge in [0.05, 0.1) is 12.8 Å². The van der Waals surface area contributed by atoms with Gasteiger partial charge in [0.15, 0.2) is 0 Å². The second-order valence-corrected chi connectivity index (χ2v) is 7.81. The fraction of sp³-hybridized carbons (Fsp3) is 0.524. The molecule has 4 rings (SSSR count). The molecule has 0 spiro atoms. The summed E-state index contributed by atoms with van der Waals surface area (Å²) in [5.74, 6) is 1.59. The Morgan fingerprint density at radius 1 is 1.39 bits per heavy atom. The number of amides is 1. The van der Waals surface area contributed by atoms with Crippen LogP contribution in [0.3, 0.4) is 0 Å². The van der Waals surface area contributed by atoms with Crippen LogP contribution in [0.5, 0.6) is 5.75 Å². The van der Waals surface area contributed by atoms with Crippen LogP contribution in [-0.2, 0) is 19.5 Å². The SMILES string of the molecule is COc1ccc(CN2CCc3oc(C(=O)N4CCC[C@H](C)C4)nc3C2)c(F)c1. The number of carbonyl (C=O) groups excluding carboxylic acids is 1. The molecule has 2 aromatic rings. The van der Waals surface area contributed by atoms with Crippen LogP contribution in [0.15, 0.2) is 22.6 Å². The molecule has 1 atom stereocenters. The number of fused-ring (bicyclic) bond motifs is 1. The predicted octanol–water partition coefficient (Wildman–Crippen LogP) is 3.25. The van der Waals surface area contributed by atoms with Crippen LogP contribution in [0.25, 0.3) is 0 Å². The number of hydrogen-bond acceptors (Lipinski definition) is 5. The van der Waals surface area contributed by atoms with Crippen LogP contribution in [0, 0.1) is 11.7 Å². The van der Waals surface area contributed by atoms with Gasteiger partial charge in [0.2, 0.25) is 0 Å². The van der Waals surface area contributed by atoms with Crippen LogP contribution in [0.4, 0.5) is 4.39 Å². The molecular formula is C21H26FN3O3. The highest BCUT2D eigenvalue weighted by Gasteiger charge is 2.29. The number of hydrogen-bond donors (Lipinski definition) is 0. The molecule has 3 heterocycles. The summed E-state index contributed by atoms with van der Waals surface area (Å²) in [5, 5.41) is 0. The van der Waals surface area contributed by atoms with E-state index in [2.05, 4.69) is 16.8 Å². The van der Waals surface area contributed by atoms with E-state index in [4.69, 9.17) is 9.15 Å². The summed E-state index contributed by atoms with van der Waals surface area (Å²) in [6.07, 6.45) is 2.85. The normalized spacial score (nSPS) is 20.1. The van der Waals surface area contributed by atoms with Crippen molar-refractivity contribution in [3.05, 3.63) is 46.9 Å². The summed E-state index contributed by atoms with van der Waals surface area (Å²) in [4.78, 5) is 21.2. The van der Waals surface area contributed by atoms with Crippen molar-refractivity contribution in [3.63, 3.8) is 0 Å². The van der Waals surface area contributed by atoms with E-state index in [-0.39, 0.29) is 17.6 Å². The highest BCUT2D eigenvalue weighted by Crippen LogP contribution is 2.25. The van der Waals surface area contributed by atoms with Crippen molar-refractivity contribution in [2.75, 3.05) is 26.7 Å². The fourth-order valence-corrected chi connectivity index (χ4v) is 4.01. The number of nitrogens with zero attached hydrogens (tertiary/aromatic N) is 3. The van der Waals surface area contributed by atoms with Crippen LogP contribution >= 0.6 is 0 Å². The molecule has 1 aromatic carbocycles. The Balaban J connectivity index is 1.44. The third kappa shape index (κ3) is 3.90. The standard InChI is InChI=1S/C21H26FN3O3/c1-14-4-3-8-25(11-14)21(26)20-23-18-13-24(9-7-19(18)28-20)12-15-5-6-16(27-2)10-17(15)22/h5-6,10,14H,3-4,7-9,11-13H2,1-2H3/t14-/m0/s1. The van der Waals surface area contributed by atoms with Gasteiger partial charge in [0.25, 0.3) is 5.89 Å². The number of piperidine rings is 1. The van der Waals surface area contributed by atoms with Gasteiger partial charge in [0, 0.05) is 50.8 Å². The Morgan fingerprint density at radius 3 is 3.00 bits per heavy atom. The number of ether oxygens (including phenoxy) is 1. The maximum atomic E-state index is 14.2. The molecule has 1 aromatic heterocycles. The molecule has 28 heavy (non-hydrogen) atoms. The topological polar surface area (TPSA) is 58.8 Å². The van der Waals surface area contributed by atoms with E-state index in [9.17, 15) is 9.18 Å². The van der Waals surface area contributed by atoms with E-state index in [0.717, 1.165) is 43.9 Å². The van der Waals surface area contributed by atoms with Gasteiger partial charge in [-0.15, -0.1) is 0 Å². The van der Waals surface area contributed by atoms with Crippen molar-refractivity contribution in [2.45, 2.75) is 39.3 Å². The predicted molar refractivity (Wildman–Crippen MR) is 102 cm³/mol. The fourth-order valence-electron chi connectivity index (χ4n) is 4.01. The van der Waals surface area contributed by atoms with Crippen LogP contribution in [0.1, 0.15) is 47.5 Å². The number of carbonyl (C=O) groups is 1. The van der Waals surface area contributed by atoms with E-state index in [1.54, 1.807) is 12.1 Å². The lowest BCUT2D eigenvalue weighted by atomic mass is 10.0. The zero-order valence-corrected chi connectivity index (χ0v) is 16.4. The maximum Gasteiger partial charge on any atom is 0.309 e. The van der Waals surface area contributed by atoms with Crippen molar-refractivity contribution < 1.29 is 18.3 Å². The zero-order chi connectivity index (χ0) is 19.7. The molecule has 7 heteroatoms. The highest BCUT2D eigenvalue weighted by atomic mass is 19.1. The molecule has 150 valence electrons. The van der Waals surface area contributed by atoms with Gasteiger partial charge in [-0.2, -0.15) is 0 Å². The van der Waals surface area contributed by atoms with Crippen molar-refractivity contribution in [3.8, 4) is 5.75 Å². The highest BCUT2D eigenvalue weighted by molar-refractivity contribution is 5.89. The van der Waals surface area contributed by atoms with Gasteiger partial charge >= 0.3 is 5.91 Å². The maximum absolute atomic E-state index is 14.2. The van der Waals surface area contributed by atoms with Crippen LogP contribution < -0.4 is 4.74 Å². The third-order valence-electron chi connectivity index (χ3n) is 5.59. The largest absolute Gasteiger partial charge is 0.497 e. The minimum absolute atomic E-state index is 0.117. The summed E-state index contributed by atoms with van der Waals surface area (Å²) in [6, 6.07) is 4.91. The average molecular weight is 387 g/mol. The Labute approximate surface area is 164 Å². The molecule has 2 aliphatic rings. The van der Waals surface area contributed by atoms with Gasteiger partial charge in [-0.05, 0) is 24.8 Å². The smallest absolute Gasteiger partial charge is 0.309 e. The zero-order valence-electron chi connectivity index (χ0n) is 16.4. The molecular weight excluding hydrogens is 361 g/mol. The molecule has 0 N–H and O–H groups in total. The molecule has 1 fully saturated rings. The number of methoxy groups -OCH3 is 1. The first-order valence-electron chi connectivity index (χ1n) is 9.86. The Hall–Kier alpha value is -2.41. The third-order valence-corrected chi connectivity index (χ3v) is 5.59. The minimum atomic E-state index is -0.277. The molecule has 0 bridgehead atoms. The number of aromatic nitrogens is 1. The van der Waals surface area contributed by atoms with Crippen LogP contribution in [0.2, 0.25) is 0 Å². The Bertz CT molecular complexity index is 867. The average Bonchev–Trinajstić information content (AvgIpc) is 3.12. The molecule has 0 radical (unpaired) electrons. The van der Waals surface area contributed by atoms with E-state index >= 15 is 0 Å². The lowest BCUT2D eigenvalue weighted by Crippen LogP contribution is -2.39. The van der Waals surface area contributed by atoms with Gasteiger partial charge < -0.3 is 14.1 Å². The van der Waals surface area contributed by atoms with Crippen molar-refractivity contribution >= 4 is 5.91 Å². The first-order valence-corrected chi connectivity index (χ1v) is 9.86. The lowest BCUT2D eigenvalue weighted by molar-refractivity contribution is 0.0640. The summed E-state index contributed by atoms with van der Waals surface area (Å²) in [6.45, 7) is 5.45. The van der Waals surface area contributed by atoms with Gasteiger partial charge in [-0.25, -0.2) is 9.37 Å². The monoisotopic (exact) mass is 387 g/mol. The van der Waals surface area contributed by atoms with Gasteiger partial charge in [-0.3, -0.25) is 9.69 Å². The summed E-state index contributed by atoms with van der Waals surface area (Å²) in [5.41, 5.74) is 1.40. The van der Waals surface area contributed by atoms with E-state index in [1.165, 1.54) is 13.2 Å². The van der Waals surface area contributed by atoms with E-state index in [0.29, 0.717) is 36.7 Å². The second kappa shape index (κ2) is 7.91. The summed E-state index contributed by atoms with van der Waals surface area (Å²) in [7, 11) is 1.52. The first kappa shape index (κ1) is 18.9. The quantitative estimate of drug-likeness (QED) is 0.806. The number of benzene rings is 1. The van der Waals surface area contributed by atoms with E-state index < -0.39 is 0 Å². The summed E-state index contributed by atoms with van der Waals surface area (Å²) < 4.78 is 25.1. The molecule has 2 aliphatic heterocycles.